The van der Waals surface area contributed by atoms with Gasteiger partial charge in [-0.3, -0.25) is 9.59 Å². The van der Waals surface area contributed by atoms with E-state index in [4.69, 9.17) is 0 Å². The summed E-state index contributed by atoms with van der Waals surface area (Å²) < 4.78 is 31.4. The number of anilines is 2. The maximum Gasteiger partial charge on any atom is 0.337 e. The van der Waals surface area contributed by atoms with Crippen molar-refractivity contribution < 1.29 is 27.9 Å². The molecule has 2 aromatic carbocycles. The van der Waals surface area contributed by atoms with E-state index in [1.807, 2.05) is 5.32 Å². The first-order chi connectivity index (χ1) is 11.9. The lowest BCUT2D eigenvalue weighted by molar-refractivity contribution is -0.123. The van der Waals surface area contributed by atoms with Gasteiger partial charge in [0.1, 0.15) is 23.7 Å². The van der Waals surface area contributed by atoms with Gasteiger partial charge in [0.05, 0.1) is 12.7 Å². The first-order valence-electron chi connectivity index (χ1n) is 7.13. The highest BCUT2D eigenvalue weighted by molar-refractivity contribution is 6.08. The summed E-state index contributed by atoms with van der Waals surface area (Å²) in [4.78, 5) is 34.8. The van der Waals surface area contributed by atoms with E-state index >= 15 is 0 Å². The van der Waals surface area contributed by atoms with E-state index in [1.54, 1.807) is 0 Å². The summed E-state index contributed by atoms with van der Waals surface area (Å²) in [7, 11) is 1.25. The van der Waals surface area contributed by atoms with Gasteiger partial charge in [0, 0.05) is 5.69 Å². The Bertz CT molecular complexity index is 787. The predicted octanol–water partition coefficient (Wildman–Crippen LogP) is 2.72. The molecule has 2 rings (SSSR count). The molecule has 0 saturated carbocycles. The Kier molecular flexibility index (Phi) is 5.78. The van der Waals surface area contributed by atoms with Gasteiger partial charge < -0.3 is 15.4 Å². The molecule has 0 atom stereocenters. The molecule has 0 aromatic heterocycles. The maximum atomic E-state index is 13.4. The molecule has 0 aliphatic heterocycles. The second-order valence-electron chi connectivity index (χ2n) is 4.94. The quantitative estimate of drug-likeness (QED) is 0.643. The van der Waals surface area contributed by atoms with Gasteiger partial charge >= 0.3 is 5.97 Å². The number of para-hydroxylation sites is 1. The minimum absolute atomic E-state index is 0.299. The molecule has 0 heterocycles. The Balaban J connectivity index is 1.93. The normalized spacial score (nSPS) is 10.0. The average Bonchev–Trinajstić information content (AvgIpc) is 2.58. The van der Waals surface area contributed by atoms with Crippen LogP contribution in [-0.2, 0) is 14.3 Å². The Morgan fingerprint density at radius 1 is 0.920 bits per heavy atom. The number of rotatable bonds is 5. The molecule has 0 saturated heterocycles. The molecule has 0 fully saturated rings. The zero-order valence-corrected chi connectivity index (χ0v) is 13.1. The van der Waals surface area contributed by atoms with Crippen LogP contribution < -0.4 is 10.6 Å². The Morgan fingerprint density at radius 2 is 1.48 bits per heavy atom. The lowest BCUT2D eigenvalue weighted by atomic mass is 10.2. The zero-order chi connectivity index (χ0) is 18.4. The monoisotopic (exact) mass is 348 g/mol. The molecule has 0 aliphatic carbocycles. The number of halogens is 2. The highest BCUT2D eigenvalue weighted by Crippen LogP contribution is 2.18. The van der Waals surface area contributed by atoms with Crippen LogP contribution >= 0.6 is 0 Å². The van der Waals surface area contributed by atoms with Crippen molar-refractivity contribution >= 4 is 29.2 Å². The predicted molar refractivity (Wildman–Crippen MR) is 86.0 cm³/mol. The average molecular weight is 348 g/mol. The fraction of sp³-hybridized carbons (Fsp3) is 0.118. The van der Waals surface area contributed by atoms with E-state index < -0.39 is 41.5 Å². The maximum absolute atomic E-state index is 13.4. The van der Waals surface area contributed by atoms with E-state index in [9.17, 15) is 23.2 Å². The zero-order valence-electron chi connectivity index (χ0n) is 13.1. The van der Waals surface area contributed by atoms with Gasteiger partial charge in [-0.15, -0.1) is 0 Å². The highest BCUT2D eigenvalue weighted by Gasteiger charge is 2.15. The molecular weight excluding hydrogens is 334 g/mol. The molecule has 0 spiro atoms. The number of nitrogens with one attached hydrogen (secondary N) is 2. The summed E-state index contributed by atoms with van der Waals surface area (Å²) in [6.45, 7) is 0. The SMILES string of the molecule is COC(=O)c1ccc(NC(=O)CC(=O)Nc2c(F)cccc2F)cc1. The number of hydrogen-bond donors (Lipinski definition) is 2. The summed E-state index contributed by atoms with van der Waals surface area (Å²) in [6.07, 6.45) is -0.632. The first kappa shape index (κ1) is 18.1. The lowest BCUT2D eigenvalue weighted by Crippen LogP contribution is -2.22. The second kappa shape index (κ2) is 8.00. The Hall–Kier alpha value is -3.29. The summed E-state index contributed by atoms with van der Waals surface area (Å²) in [6, 6.07) is 8.93. The van der Waals surface area contributed by atoms with Gasteiger partial charge in [-0.2, -0.15) is 0 Å². The van der Waals surface area contributed by atoms with Crippen LogP contribution in [0.25, 0.3) is 0 Å². The van der Waals surface area contributed by atoms with Gasteiger partial charge in [0.2, 0.25) is 11.8 Å². The van der Waals surface area contributed by atoms with Crippen LogP contribution in [0.3, 0.4) is 0 Å². The largest absolute Gasteiger partial charge is 0.465 e. The third-order valence-corrected chi connectivity index (χ3v) is 3.14. The molecule has 6 nitrogen and oxygen atoms in total. The Labute approximate surface area is 141 Å². The van der Waals surface area contributed by atoms with Crippen LogP contribution in [0.15, 0.2) is 42.5 Å². The molecule has 2 amide bonds. The summed E-state index contributed by atoms with van der Waals surface area (Å²) in [5.74, 6) is -3.95. The minimum Gasteiger partial charge on any atom is -0.465 e. The number of methoxy groups -OCH3 is 1. The topological polar surface area (TPSA) is 84.5 Å². The summed E-state index contributed by atoms with van der Waals surface area (Å²) in [5, 5.41) is 4.45. The van der Waals surface area contributed by atoms with Gasteiger partial charge in [-0.1, -0.05) is 6.07 Å². The Morgan fingerprint density at radius 3 is 2.04 bits per heavy atom. The standard InChI is InChI=1S/C17H14F2N2O4/c1-25-17(24)10-5-7-11(8-6-10)20-14(22)9-15(23)21-16-12(18)3-2-4-13(16)19/h2-8H,9H2,1H3,(H,20,22)(H,21,23). The fourth-order valence-corrected chi connectivity index (χ4v) is 1.96. The molecule has 0 unspecified atom stereocenters. The van der Waals surface area contributed by atoms with Gasteiger partial charge in [-0.25, -0.2) is 13.6 Å². The van der Waals surface area contributed by atoms with Gasteiger partial charge in [0.25, 0.3) is 0 Å². The van der Waals surface area contributed by atoms with Crippen molar-refractivity contribution in [2.75, 3.05) is 17.7 Å². The molecule has 130 valence electrons. The molecule has 2 aromatic rings. The molecule has 0 radical (unpaired) electrons. The van der Waals surface area contributed by atoms with Crippen molar-refractivity contribution in [1.82, 2.24) is 0 Å². The fourth-order valence-electron chi connectivity index (χ4n) is 1.96. The first-order valence-corrected chi connectivity index (χ1v) is 7.13. The van der Waals surface area contributed by atoms with Crippen molar-refractivity contribution in [2.45, 2.75) is 6.42 Å². The van der Waals surface area contributed by atoms with E-state index in [1.165, 1.54) is 31.4 Å². The number of carbonyl (C=O) groups is 3. The number of amides is 2. The van der Waals surface area contributed by atoms with E-state index in [-0.39, 0.29) is 0 Å². The molecule has 8 heteroatoms. The second-order valence-corrected chi connectivity index (χ2v) is 4.94. The number of benzene rings is 2. The minimum atomic E-state index is -0.938. The smallest absolute Gasteiger partial charge is 0.337 e. The lowest BCUT2D eigenvalue weighted by Gasteiger charge is -2.08. The molecule has 25 heavy (non-hydrogen) atoms. The molecule has 0 aliphatic rings. The highest BCUT2D eigenvalue weighted by atomic mass is 19.1. The van der Waals surface area contributed by atoms with Crippen molar-refractivity contribution in [3.63, 3.8) is 0 Å². The third kappa shape index (κ3) is 4.84. The number of carbonyl (C=O) groups excluding carboxylic acids is 3. The van der Waals surface area contributed by atoms with Crippen molar-refractivity contribution in [2.24, 2.45) is 0 Å². The third-order valence-electron chi connectivity index (χ3n) is 3.14. The van der Waals surface area contributed by atoms with E-state index in [0.29, 0.717) is 11.3 Å². The summed E-state index contributed by atoms with van der Waals surface area (Å²) >= 11 is 0. The van der Waals surface area contributed by atoms with Crippen LogP contribution in [0, 0.1) is 11.6 Å². The van der Waals surface area contributed by atoms with E-state index in [2.05, 4.69) is 10.1 Å². The molecule has 0 bridgehead atoms. The van der Waals surface area contributed by atoms with Crippen LogP contribution in [0.1, 0.15) is 16.8 Å². The number of hydrogen-bond acceptors (Lipinski definition) is 4. The van der Waals surface area contributed by atoms with Crippen LogP contribution in [0.2, 0.25) is 0 Å². The van der Waals surface area contributed by atoms with E-state index in [0.717, 1.165) is 18.2 Å². The van der Waals surface area contributed by atoms with Crippen LogP contribution in [0.5, 0.6) is 0 Å². The van der Waals surface area contributed by atoms with Crippen LogP contribution in [0.4, 0.5) is 20.2 Å². The van der Waals surface area contributed by atoms with Crippen molar-refractivity contribution in [3.8, 4) is 0 Å². The van der Waals surface area contributed by atoms with Gasteiger partial charge in [-0.05, 0) is 36.4 Å². The van der Waals surface area contributed by atoms with Crippen LogP contribution in [-0.4, -0.2) is 24.9 Å². The summed E-state index contributed by atoms with van der Waals surface area (Å²) in [5.41, 5.74) is 0.0403. The number of ether oxygens (including phenoxy) is 1. The molecule has 2 N–H and O–H groups in total. The number of esters is 1. The molecular formula is C17H14F2N2O4. The van der Waals surface area contributed by atoms with Gasteiger partial charge in [0.15, 0.2) is 0 Å². The van der Waals surface area contributed by atoms with Crippen molar-refractivity contribution in [3.05, 3.63) is 59.7 Å². The van der Waals surface area contributed by atoms with Crippen molar-refractivity contribution in [1.29, 1.82) is 0 Å².